The highest BCUT2D eigenvalue weighted by molar-refractivity contribution is 8.03. The van der Waals surface area contributed by atoms with Crippen LogP contribution in [0.25, 0.3) is 27.9 Å². The lowest BCUT2D eigenvalue weighted by Gasteiger charge is -2.21. The van der Waals surface area contributed by atoms with E-state index in [4.69, 9.17) is 5.73 Å². The summed E-state index contributed by atoms with van der Waals surface area (Å²) in [6.07, 6.45) is 10.6. The van der Waals surface area contributed by atoms with Crippen molar-refractivity contribution in [2.45, 2.75) is 74.9 Å². The quantitative estimate of drug-likeness (QED) is 0.0574. The summed E-state index contributed by atoms with van der Waals surface area (Å²) >= 11 is 1.78. The molecule has 1 aliphatic heterocycles. The number of pyridine rings is 1. The van der Waals surface area contributed by atoms with E-state index in [1.54, 1.807) is 11.8 Å². The number of unbranched alkanes of at least 4 members (excludes halogenated alkanes) is 3. The standard InChI is InChI=1S/C41H46N6O4S/c1-46-36-18-8-9-19-37(36)52-39(46)26-28-21-24-47(35-17-7-5-14-31(28)35)23-12-2-3-20-38(48)44-34(25-29-27-43-32-15-6-4-13-30(29)32)40(49)45-33(41(50)51)16-10-11-22-42/h4-9,13-15,17-19,21,24,26-27,33-34,43H,2-3,10-12,16,20,22-23,25,42H2,1H3,(H2-,44,45,48,49,50,51)/p+1/t33-,34-/m0/s1. The van der Waals surface area contributed by atoms with Gasteiger partial charge >= 0.3 is 5.97 Å². The highest BCUT2D eigenvalue weighted by Crippen LogP contribution is 2.45. The third-order valence-corrected chi connectivity index (χ3v) is 10.8. The summed E-state index contributed by atoms with van der Waals surface area (Å²) in [5.41, 5.74) is 10.9. The Bertz CT molecular complexity index is 2080. The van der Waals surface area contributed by atoms with Crippen LogP contribution in [0.4, 0.5) is 5.69 Å². The van der Waals surface area contributed by atoms with Gasteiger partial charge in [0.05, 0.1) is 16.1 Å². The lowest BCUT2D eigenvalue weighted by molar-refractivity contribution is -0.671. The highest BCUT2D eigenvalue weighted by atomic mass is 32.2. The zero-order valence-corrected chi connectivity index (χ0v) is 30.3. The number of fused-ring (bicyclic) bond motifs is 3. The van der Waals surface area contributed by atoms with Gasteiger partial charge in [-0.05, 0) is 80.1 Å². The maximum Gasteiger partial charge on any atom is 0.326 e. The molecule has 11 heteroatoms. The van der Waals surface area contributed by atoms with Gasteiger partial charge in [-0.2, -0.15) is 4.57 Å². The Hall–Kier alpha value is -5.13. The van der Waals surface area contributed by atoms with Crippen LogP contribution in [-0.2, 0) is 27.3 Å². The van der Waals surface area contributed by atoms with Crippen LogP contribution >= 0.6 is 11.8 Å². The fraction of sp³-hybridized carbons (Fsp3) is 0.317. The normalized spacial score (nSPS) is 14.4. The Morgan fingerprint density at radius 1 is 0.904 bits per heavy atom. The molecule has 3 heterocycles. The smallest absolute Gasteiger partial charge is 0.326 e. The lowest BCUT2D eigenvalue weighted by Crippen LogP contribution is -2.52. The van der Waals surface area contributed by atoms with Crippen LogP contribution in [0.1, 0.15) is 56.1 Å². The van der Waals surface area contributed by atoms with E-state index >= 15 is 0 Å². The number of para-hydroxylation sites is 3. The monoisotopic (exact) mass is 719 g/mol. The number of carbonyl (C=O) groups is 3. The Labute approximate surface area is 308 Å². The number of aliphatic carboxylic acids is 1. The SMILES string of the molecule is CN1C(=Cc2cc[n+](CCCCCC(=O)N[C@@H](Cc3c[nH]c4ccccc34)C(=O)N[C@@H](CCCCN)C(=O)O)c3ccccc23)Sc2ccccc21. The Kier molecular flexibility index (Phi) is 12.3. The van der Waals surface area contributed by atoms with Crippen molar-refractivity contribution < 1.29 is 24.1 Å². The van der Waals surface area contributed by atoms with Crippen LogP contribution in [0, 0.1) is 0 Å². The van der Waals surface area contributed by atoms with Gasteiger partial charge in [0.25, 0.3) is 0 Å². The number of carboxylic acids is 1. The predicted octanol–water partition coefficient (Wildman–Crippen LogP) is 6.14. The fourth-order valence-electron chi connectivity index (χ4n) is 6.77. The Morgan fingerprint density at radius 2 is 1.67 bits per heavy atom. The molecule has 0 radical (unpaired) electrons. The fourth-order valence-corrected chi connectivity index (χ4v) is 7.87. The molecule has 270 valence electrons. The van der Waals surface area contributed by atoms with Crippen molar-refractivity contribution >= 4 is 63.1 Å². The maximum absolute atomic E-state index is 13.5. The topological polar surface area (TPSA) is 144 Å². The number of thioether (sulfide) groups is 1. The van der Waals surface area contributed by atoms with E-state index < -0.39 is 24.0 Å². The first-order chi connectivity index (χ1) is 25.3. The summed E-state index contributed by atoms with van der Waals surface area (Å²) in [5, 5.41) is 18.7. The molecule has 6 N–H and O–H groups in total. The number of nitrogens with one attached hydrogen (secondary N) is 3. The van der Waals surface area contributed by atoms with Gasteiger partial charge in [-0.15, -0.1) is 0 Å². The van der Waals surface area contributed by atoms with Gasteiger partial charge in [0.15, 0.2) is 6.20 Å². The van der Waals surface area contributed by atoms with Crippen LogP contribution in [-0.4, -0.2) is 53.6 Å². The highest BCUT2D eigenvalue weighted by Gasteiger charge is 2.27. The van der Waals surface area contributed by atoms with Gasteiger partial charge in [-0.25, -0.2) is 4.79 Å². The Balaban J connectivity index is 1.05. The lowest BCUT2D eigenvalue weighted by atomic mass is 10.0. The summed E-state index contributed by atoms with van der Waals surface area (Å²) < 4.78 is 2.27. The van der Waals surface area contributed by atoms with Crippen molar-refractivity contribution in [1.29, 1.82) is 0 Å². The number of H-pyrrole nitrogens is 1. The van der Waals surface area contributed by atoms with E-state index in [-0.39, 0.29) is 25.2 Å². The van der Waals surface area contributed by atoms with Crippen molar-refractivity contribution in [3.8, 4) is 0 Å². The summed E-state index contributed by atoms with van der Waals surface area (Å²) in [6, 6.07) is 24.9. The molecule has 2 aromatic heterocycles. The average Bonchev–Trinajstić information content (AvgIpc) is 3.71. The van der Waals surface area contributed by atoms with E-state index in [9.17, 15) is 19.5 Å². The predicted molar refractivity (Wildman–Crippen MR) is 208 cm³/mol. The third-order valence-electron chi connectivity index (χ3n) is 9.62. The van der Waals surface area contributed by atoms with E-state index in [0.29, 0.717) is 25.8 Å². The van der Waals surface area contributed by atoms with E-state index in [1.807, 2.05) is 30.5 Å². The number of benzene rings is 3. The first kappa shape index (κ1) is 36.7. The van der Waals surface area contributed by atoms with Crippen molar-refractivity contribution in [1.82, 2.24) is 15.6 Å². The zero-order valence-electron chi connectivity index (χ0n) is 29.5. The summed E-state index contributed by atoms with van der Waals surface area (Å²) in [4.78, 5) is 45.4. The van der Waals surface area contributed by atoms with Crippen LogP contribution in [0.2, 0.25) is 0 Å². The number of amides is 2. The molecular formula is C41H47N6O4S+. The molecule has 5 aromatic rings. The number of nitrogens with zero attached hydrogens (tertiary/aromatic N) is 2. The molecule has 0 bridgehead atoms. The molecule has 52 heavy (non-hydrogen) atoms. The molecule has 0 unspecified atom stereocenters. The van der Waals surface area contributed by atoms with Gasteiger partial charge < -0.3 is 31.4 Å². The molecule has 2 atom stereocenters. The molecule has 0 saturated carbocycles. The first-order valence-corrected chi connectivity index (χ1v) is 18.8. The minimum Gasteiger partial charge on any atom is -0.480 e. The van der Waals surface area contributed by atoms with Crippen molar-refractivity contribution in [2.24, 2.45) is 5.73 Å². The van der Waals surface area contributed by atoms with Crippen molar-refractivity contribution in [3.05, 3.63) is 107 Å². The number of aromatic nitrogens is 2. The minimum atomic E-state index is -1.11. The summed E-state index contributed by atoms with van der Waals surface area (Å²) in [7, 11) is 2.11. The van der Waals surface area contributed by atoms with E-state index in [0.717, 1.165) is 41.4 Å². The van der Waals surface area contributed by atoms with Crippen molar-refractivity contribution in [3.63, 3.8) is 0 Å². The largest absolute Gasteiger partial charge is 0.480 e. The number of rotatable bonds is 17. The molecule has 1 aliphatic rings. The maximum atomic E-state index is 13.5. The third kappa shape index (κ3) is 8.83. The van der Waals surface area contributed by atoms with Gasteiger partial charge in [-0.1, -0.05) is 54.2 Å². The molecule has 6 rings (SSSR count). The number of nitrogens with two attached hydrogens (primary N) is 1. The number of hydrogen-bond acceptors (Lipinski definition) is 6. The second kappa shape index (κ2) is 17.4. The van der Waals surface area contributed by atoms with Crippen LogP contribution in [0.3, 0.4) is 0 Å². The number of aryl methyl sites for hydroxylation is 1. The van der Waals surface area contributed by atoms with Gasteiger partial charge in [0.1, 0.15) is 18.6 Å². The van der Waals surface area contributed by atoms with Gasteiger partial charge in [-0.3, -0.25) is 9.59 Å². The second-order valence-electron chi connectivity index (χ2n) is 13.3. The van der Waals surface area contributed by atoms with Gasteiger partial charge in [0, 0.05) is 60.4 Å². The van der Waals surface area contributed by atoms with Crippen molar-refractivity contribution in [2.75, 3.05) is 18.5 Å². The number of carboxylic acid groups (broad SMARTS) is 1. The Morgan fingerprint density at radius 3 is 2.48 bits per heavy atom. The molecule has 0 aliphatic carbocycles. The molecule has 3 aromatic carbocycles. The first-order valence-electron chi connectivity index (χ1n) is 18.0. The van der Waals surface area contributed by atoms with Crippen LogP contribution < -0.4 is 25.8 Å². The number of anilines is 1. The van der Waals surface area contributed by atoms with Gasteiger partial charge in [0.2, 0.25) is 17.3 Å². The van der Waals surface area contributed by atoms with Crippen LogP contribution in [0.5, 0.6) is 0 Å². The average molecular weight is 720 g/mol. The number of aromatic amines is 1. The van der Waals surface area contributed by atoms with E-state index in [2.05, 4.69) is 99.0 Å². The molecule has 10 nitrogen and oxygen atoms in total. The second-order valence-corrected chi connectivity index (χ2v) is 14.3. The zero-order chi connectivity index (χ0) is 36.5. The summed E-state index contributed by atoms with van der Waals surface area (Å²) in [5.74, 6) is -1.85. The summed E-state index contributed by atoms with van der Waals surface area (Å²) in [6.45, 7) is 1.26. The molecule has 0 fully saturated rings. The van der Waals surface area contributed by atoms with Crippen LogP contribution in [0.15, 0.2) is 101 Å². The number of hydrogen-bond donors (Lipinski definition) is 5. The molecule has 0 saturated heterocycles. The number of carbonyl (C=O) groups excluding carboxylic acids is 2. The molecule has 0 spiro atoms. The molecule has 2 amide bonds. The molecular weight excluding hydrogens is 673 g/mol. The minimum absolute atomic E-state index is 0.231. The van der Waals surface area contributed by atoms with E-state index in [1.165, 1.54) is 26.6 Å².